The lowest BCUT2D eigenvalue weighted by Crippen LogP contribution is -2.39. The van der Waals surface area contributed by atoms with Crippen LogP contribution in [0.5, 0.6) is 0 Å². The molecule has 0 saturated carbocycles. The van der Waals surface area contributed by atoms with Crippen molar-refractivity contribution in [3.8, 4) is 0 Å². The van der Waals surface area contributed by atoms with Crippen LogP contribution < -0.4 is 5.32 Å². The largest absolute Gasteiger partial charge is 0.389 e. The smallest absolute Gasteiger partial charge is 0.222 e. The minimum absolute atomic E-state index is 0.0163. The summed E-state index contributed by atoms with van der Waals surface area (Å²) < 4.78 is 0. The summed E-state index contributed by atoms with van der Waals surface area (Å²) in [5.74, 6) is -0.0375. The lowest BCUT2D eigenvalue weighted by Gasteiger charge is -2.18. The molecule has 0 rings (SSSR count). The average Bonchev–Trinajstić information content (AvgIpc) is 2.02. The monoisotopic (exact) mass is 189 g/mol. The summed E-state index contributed by atoms with van der Waals surface area (Å²) >= 11 is 0. The summed E-state index contributed by atoms with van der Waals surface area (Å²) in [5.41, 5.74) is -0.815. The average molecular weight is 189 g/mol. The standard InChI is InChI=1S/C8H17NO2.C2H6/c1-6(2)7(10)9-5-8(3,4)11;1-2/h6,11H,5H2,1-4H3,(H,9,10);1-2H3. The Balaban J connectivity index is 0. The number of carbonyl (C=O) groups excluding carboxylic acids is 1. The van der Waals surface area contributed by atoms with Gasteiger partial charge in [-0.3, -0.25) is 4.79 Å². The topological polar surface area (TPSA) is 49.3 Å². The van der Waals surface area contributed by atoms with Gasteiger partial charge < -0.3 is 10.4 Å². The van der Waals surface area contributed by atoms with Gasteiger partial charge in [0.25, 0.3) is 0 Å². The van der Waals surface area contributed by atoms with Crippen LogP contribution in [-0.2, 0) is 4.79 Å². The van der Waals surface area contributed by atoms with Crippen molar-refractivity contribution in [3.63, 3.8) is 0 Å². The van der Waals surface area contributed by atoms with Gasteiger partial charge in [0.15, 0.2) is 0 Å². The molecule has 13 heavy (non-hydrogen) atoms. The molecule has 1 amide bonds. The third kappa shape index (κ3) is 11.4. The van der Waals surface area contributed by atoms with Crippen LogP contribution in [0.15, 0.2) is 0 Å². The number of carbonyl (C=O) groups is 1. The van der Waals surface area contributed by atoms with Crippen LogP contribution in [0.3, 0.4) is 0 Å². The second kappa shape index (κ2) is 6.89. The van der Waals surface area contributed by atoms with Crippen molar-refractivity contribution in [1.29, 1.82) is 0 Å². The molecule has 0 aromatic heterocycles. The van der Waals surface area contributed by atoms with Crippen molar-refractivity contribution in [2.24, 2.45) is 5.92 Å². The van der Waals surface area contributed by atoms with E-state index in [0.29, 0.717) is 6.54 Å². The van der Waals surface area contributed by atoms with Gasteiger partial charge in [0, 0.05) is 12.5 Å². The van der Waals surface area contributed by atoms with Crippen LogP contribution in [0.25, 0.3) is 0 Å². The Morgan fingerprint density at radius 3 is 2.00 bits per heavy atom. The molecule has 2 N–H and O–H groups in total. The molecule has 0 aliphatic carbocycles. The molecule has 0 fully saturated rings. The zero-order valence-electron chi connectivity index (χ0n) is 9.64. The fraction of sp³-hybridized carbons (Fsp3) is 0.900. The van der Waals surface area contributed by atoms with Gasteiger partial charge in [-0.2, -0.15) is 0 Å². The molecule has 0 saturated heterocycles. The number of amides is 1. The van der Waals surface area contributed by atoms with Gasteiger partial charge in [-0.1, -0.05) is 27.7 Å². The molecule has 3 heteroatoms. The summed E-state index contributed by atoms with van der Waals surface area (Å²) in [7, 11) is 0. The predicted octanol–water partition coefficient (Wildman–Crippen LogP) is 1.56. The van der Waals surface area contributed by atoms with E-state index >= 15 is 0 Å². The summed E-state index contributed by atoms with van der Waals surface area (Å²) in [5, 5.41) is 11.9. The van der Waals surface area contributed by atoms with E-state index in [-0.39, 0.29) is 11.8 Å². The molecule has 0 aromatic carbocycles. The molecule has 0 aliphatic heterocycles. The van der Waals surface area contributed by atoms with Crippen molar-refractivity contribution in [2.45, 2.75) is 47.1 Å². The van der Waals surface area contributed by atoms with Crippen LogP contribution in [-0.4, -0.2) is 23.2 Å². The van der Waals surface area contributed by atoms with Gasteiger partial charge in [0.1, 0.15) is 0 Å². The van der Waals surface area contributed by atoms with E-state index in [1.165, 1.54) is 0 Å². The molecule has 80 valence electrons. The van der Waals surface area contributed by atoms with E-state index in [4.69, 9.17) is 0 Å². The van der Waals surface area contributed by atoms with Gasteiger partial charge in [0.2, 0.25) is 5.91 Å². The molecular formula is C10H23NO2. The van der Waals surface area contributed by atoms with Crippen molar-refractivity contribution in [1.82, 2.24) is 5.32 Å². The van der Waals surface area contributed by atoms with Crippen LogP contribution in [0, 0.1) is 5.92 Å². The number of hydrogen-bond donors (Lipinski definition) is 2. The Morgan fingerprint density at radius 1 is 1.38 bits per heavy atom. The fourth-order valence-corrected chi connectivity index (χ4v) is 0.508. The van der Waals surface area contributed by atoms with Gasteiger partial charge in [-0.05, 0) is 13.8 Å². The Morgan fingerprint density at radius 2 is 1.77 bits per heavy atom. The summed E-state index contributed by atoms with van der Waals surface area (Å²) in [6.45, 7) is 11.3. The van der Waals surface area contributed by atoms with Crippen molar-refractivity contribution in [2.75, 3.05) is 6.54 Å². The molecule has 0 unspecified atom stereocenters. The first-order valence-corrected chi connectivity index (χ1v) is 4.83. The molecule has 0 atom stereocenters. The van der Waals surface area contributed by atoms with E-state index in [1.807, 2.05) is 27.7 Å². The highest BCUT2D eigenvalue weighted by Gasteiger charge is 2.14. The first-order valence-electron chi connectivity index (χ1n) is 4.83. The van der Waals surface area contributed by atoms with E-state index in [0.717, 1.165) is 0 Å². The lowest BCUT2D eigenvalue weighted by atomic mass is 10.1. The Kier molecular flexibility index (Phi) is 7.92. The predicted molar refractivity (Wildman–Crippen MR) is 55.5 cm³/mol. The maximum Gasteiger partial charge on any atom is 0.222 e. The first kappa shape index (κ1) is 14.9. The second-order valence-electron chi connectivity index (χ2n) is 3.68. The molecule has 0 bridgehead atoms. The summed E-state index contributed by atoms with van der Waals surface area (Å²) in [4.78, 5) is 11.0. The van der Waals surface area contributed by atoms with Crippen LogP contribution in [0.2, 0.25) is 0 Å². The van der Waals surface area contributed by atoms with Crippen molar-refractivity contribution >= 4 is 5.91 Å². The lowest BCUT2D eigenvalue weighted by molar-refractivity contribution is -0.125. The van der Waals surface area contributed by atoms with Crippen molar-refractivity contribution < 1.29 is 9.90 Å². The van der Waals surface area contributed by atoms with Crippen LogP contribution >= 0.6 is 0 Å². The molecule has 0 radical (unpaired) electrons. The highest BCUT2D eigenvalue weighted by atomic mass is 16.3. The van der Waals surface area contributed by atoms with Gasteiger partial charge >= 0.3 is 0 Å². The third-order valence-corrected chi connectivity index (χ3v) is 1.22. The maximum atomic E-state index is 11.0. The zero-order chi connectivity index (χ0) is 11.1. The molecule has 0 spiro atoms. The Bertz CT molecular complexity index is 136. The van der Waals surface area contributed by atoms with Gasteiger partial charge in [-0.15, -0.1) is 0 Å². The maximum absolute atomic E-state index is 11.0. The van der Waals surface area contributed by atoms with Gasteiger partial charge in [-0.25, -0.2) is 0 Å². The fourth-order valence-electron chi connectivity index (χ4n) is 0.508. The van der Waals surface area contributed by atoms with Crippen LogP contribution in [0.1, 0.15) is 41.5 Å². The number of aliphatic hydroxyl groups is 1. The molecule has 0 aromatic rings. The quantitative estimate of drug-likeness (QED) is 0.707. The summed E-state index contributed by atoms with van der Waals surface area (Å²) in [6, 6.07) is 0. The highest BCUT2D eigenvalue weighted by molar-refractivity contribution is 5.77. The minimum Gasteiger partial charge on any atom is -0.389 e. The first-order chi connectivity index (χ1) is 5.83. The van der Waals surface area contributed by atoms with E-state index in [2.05, 4.69) is 5.32 Å². The molecule has 0 aliphatic rings. The Hall–Kier alpha value is -0.570. The van der Waals surface area contributed by atoms with Crippen molar-refractivity contribution in [3.05, 3.63) is 0 Å². The number of rotatable bonds is 3. The number of nitrogens with one attached hydrogen (secondary N) is 1. The highest BCUT2D eigenvalue weighted by Crippen LogP contribution is 1.98. The van der Waals surface area contributed by atoms with E-state index in [9.17, 15) is 9.90 Å². The summed E-state index contributed by atoms with van der Waals surface area (Å²) in [6.07, 6.45) is 0. The zero-order valence-corrected chi connectivity index (χ0v) is 9.64. The van der Waals surface area contributed by atoms with E-state index < -0.39 is 5.60 Å². The van der Waals surface area contributed by atoms with Gasteiger partial charge in [0.05, 0.1) is 5.60 Å². The molecular weight excluding hydrogens is 166 g/mol. The Labute approximate surface area is 81.5 Å². The molecule has 3 nitrogen and oxygen atoms in total. The SMILES string of the molecule is CC.CC(C)C(=O)NCC(C)(C)O. The number of hydrogen-bond acceptors (Lipinski definition) is 2. The third-order valence-electron chi connectivity index (χ3n) is 1.22. The normalized spacial score (nSPS) is 10.5. The van der Waals surface area contributed by atoms with E-state index in [1.54, 1.807) is 13.8 Å². The minimum atomic E-state index is -0.815. The second-order valence-corrected chi connectivity index (χ2v) is 3.68. The van der Waals surface area contributed by atoms with Crippen LogP contribution in [0.4, 0.5) is 0 Å². The molecule has 0 heterocycles.